The Bertz CT molecular complexity index is 433. The van der Waals surface area contributed by atoms with Gasteiger partial charge in [0.05, 0.1) is 6.20 Å². The van der Waals surface area contributed by atoms with Gasteiger partial charge in [-0.25, -0.2) is 4.68 Å². The summed E-state index contributed by atoms with van der Waals surface area (Å²) in [4.78, 5) is 24.7. The van der Waals surface area contributed by atoms with Gasteiger partial charge >= 0.3 is 0 Å². The average Bonchev–Trinajstić information content (AvgIpc) is 2.76. The van der Waals surface area contributed by atoms with E-state index in [4.69, 9.17) is 0 Å². The molecular weight excluding hydrogens is 232 g/mol. The van der Waals surface area contributed by atoms with E-state index in [0.29, 0.717) is 6.29 Å². The van der Waals surface area contributed by atoms with E-state index in [1.54, 1.807) is 0 Å². The highest BCUT2D eigenvalue weighted by Gasteiger charge is 2.28. The molecule has 2 rings (SSSR count). The molecular formula is C12H18N4O2. The highest BCUT2D eigenvalue weighted by atomic mass is 16.2. The predicted octanol–water partition coefficient (Wildman–Crippen LogP) is 0.880. The number of aromatic nitrogens is 3. The van der Waals surface area contributed by atoms with Crippen LogP contribution in [0.25, 0.3) is 0 Å². The fourth-order valence-electron chi connectivity index (χ4n) is 2.58. The van der Waals surface area contributed by atoms with Crippen LogP contribution in [-0.2, 0) is 11.3 Å². The van der Waals surface area contributed by atoms with E-state index >= 15 is 0 Å². The highest BCUT2D eigenvalue weighted by molar-refractivity contribution is 5.77. The number of nitrogens with zero attached hydrogens (tertiary/aromatic N) is 4. The number of likely N-dealkylation sites (tertiary alicyclic amines) is 1. The molecule has 0 aromatic carbocycles. The molecule has 0 N–H and O–H groups in total. The fourth-order valence-corrected chi connectivity index (χ4v) is 2.58. The lowest BCUT2D eigenvalue weighted by atomic mass is 9.97. The Kier molecular flexibility index (Phi) is 3.74. The summed E-state index contributed by atoms with van der Waals surface area (Å²) in [5.74, 6) is 0.0389. The third-order valence-electron chi connectivity index (χ3n) is 3.46. The van der Waals surface area contributed by atoms with Gasteiger partial charge in [-0.2, -0.15) is 0 Å². The first kappa shape index (κ1) is 12.7. The van der Waals surface area contributed by atoms with Crippen molar-refractivity contribution in [1.29, 1.82) is 0 Å². The lowest BCUT2D eigenvalue weighted by Gasteiger charge is -2.39. The Hall–Kier alpha value is -1.72. The molecule has 0 radical (unpaired) electrons. The van der Waals surface area contributed by atoms with E-state index in [0.717, 1.165) is 12.8 Å². The maximum absolute atomic E-state index is 12.2. The number of piperidine rings is 1. The molecule has 2 atom stereocenters. The van der Waals surface area contributed by atoms with Crippen molar-refractivity contribution >= 4 is 12.2 Å². The lowest BCUT2D eigenvalue weighted by Crippen LogP contribution is -2.48. The van der Waals surface area contributed by atoms with Gasteiger partial charge in [-0.1, -0.05) is 5.21 Å². The van der Waals surface area contributed by atoms with Crippen LogP contribution in [0.2, 0.25) is 0 Å². The summed E-state index contributed by atoms with van der Waals surface area (Å²) in [6.45, 7) is 4.30. The molecule has 0 spiro atoms. The number of hydrogen-bond donors (Lipinski definition) is 0. The van der Waals surface area contributed by atoms with E-state index in [9.17, 15) is 9.59 Å². The Morgan fingerprint density at radius 3 is 2.67 bits per heavy atom. The first-order valence-corrected chi connectivity index (χ1v) is 6.28. The van der Waals surface area contributed by atoms with Crippen molar-refractivity contribution in [2.75, 3.05) is 0 Å². The van der Waals surface area contributed by atoms with E-state index in [1.807, 2.05) is 4.90 Å². The molecule has 1 amide bonds. The second kappa shape index (κ2) is 5.29. The van der Waals surface area contributed by atoms with Crippen molar-refractivity contribution in [1.82, 2.24) is 19.9 Å². The smallest absolute Gasteiger partial charge is 0.244 e. The lowest BCUT2D eigenvalue weighted by molar-refractivity contribution is -0.138. The van der Waals surface area contributed by atoms with Crippen LogP contribution in [0.15, 0.2) is 6.20 Å². The van der Waals surface area contributed by atoms with Crippen LogP contribution in [0.4, 0.5) is 0 Å². The molecule has 1 aliphatic heterocycles. The summed E-state index contributed by atoms with van der Waals surface area (Å²) in [7, 11) is 0. The quantitative estimate of drug-likeness (QED) is 0.747. The summed E-state index contributed by atoms with van der Waals surface area (Å²) >= 11 is 0. The molecule has 2 unspecified atom stereocenters. The van der Waals surface area contributed by atoms with Gasteiger partial charge in [-0.3, -0.25) is 9.59 Å². The summed E-state index contributed by atoms with van der Waals surface area (Å²) in [6.07, 6.45) is 5.38. The van der Waals surface area contributed by atoms with Gasteiger partial charge < -0.3 is 4.90 Å². The maximum Gasteiger partial charge on any atom is 0.244 e. The van der Waals surface area contributed by atoms with Crippen molar-refractivity contribution in [2.24, 2.45) is 0 Å². The summed E-state index contributed by atoms with van der Waals surface area (Å²) in [5.41, 5.74) is 0.252. The van der Waals surface area contributed by atoms with Crippen molar-refractivity contribution in [3.8, 4) is 0 Å². The monoisotopic (exact) mass is 250 g/mol. The zero-order valence-electron chi connectivity index (χ0n) is 10.7. The highest BCUT2D eigenvalue weighted by Crippen LogP contribution is 2.22. The minimum absolute atomic E-state index is 0.0389. The molecule has 1 aliphatic rings. The normalized spacial score (nSPS) is 24.0. The van der Waals surface area contributed by atoms with Crippen LogP contribution < -0.4 is 0 Å². The molecule has 0 bridgehead atoms. The van der Waals surface area contributed by atoms with Gasteiger partial charge in [0.2, 0.25) is 5.91 Å². The molecule has 1 saturated heterocycles. The number of rotatable bonds is 3. The van der Waals surface area contributed by atoms with E-state index < -0.39 is 0 Å². The first-order chi connectivity index (χ1) is 8.61. The summed E-state index contributed by atoms with van der Waals surface area (Å²) in [6, 6.07) is 0.547. The van der Waals surface area contributed by atoms with Gasteiger partial charge in [-0.15, -0.1) is 5.10 Å². The number of hydrogen-bond acceptors (Lipinski definition) is 4. The van der Waals surface area contributed by atoms with Gasteiger partial charge in [0.25, 0.3) is 0 Å². The molecule has 6 heteroatoms. The largest absolute Gasteiger partial charge is 0.336 e. The van der Waals surface area contributed by atoms with Crippen LogP contribution in [0.1, 0.15) is 43.6 Å². The minimum atomic E-state index is 0.0389. The van der Waals surface area contributed by atoms with Crippen LogP contribution >= 0.6 is 0 Å². The van der Waals surface area contributed by atoms with Gasteiger partial charge in [0.15, 0.2) is 6.29 Å². The van der Waals surface area contributed by atoms with Gasteiger partial charge in [0, 0.05) is 12.1 Å². The summed E-state index contributed by atoms with van der Waals surface area (Å²) < 4.78 is 1.42. The molecule has 0 aliphatic carbocycles. The van der Waals surface area contributed by atoms with E-state index in [1.165, 1.54) is 17.3 Å². The summed E-state index contributed by atoms with van der Waals surface area (Å²) in [5, 5.41) is 7.40. The average molecular weight is 250 g/mol. The van der Waals surface area contributed by atoms with Crippen molar-refractivity contribution in [2.45, 2.75) is 51.7 Å². The predicted molar refractivity (Wildman–Crippen MR) is 65.0 cm³/mol. The number of aldehydes is 1. The van der Waals surface area contributed by atoms with Crippen molar-refractivity contribution in [3.63, 3.8) is 0 Å². The Morgan fingerprint density at radius 1 is 1.44 bits per heavy atom. The number of carbonyl (C=O) groups is 2. The SMILES string of the molecule is CC1CCCC(C)N1C(=O)Cn1cc(C=O)nn1. The van der Waals surface area contributed by atoms with E-state index in [-0.39, 0.29) is 30.2 Å². The van der Waals surface area contributed by atoms with Crippen LogP contribution in [0, 0.1) is 0 Å². The second-order valence-corrected chi connectivity index (χ2v) is 4.89. The zero-order chi connectivity index (χ0) is 13.1. The molecule has 1 aromatic heterocycles. The third-order valence-corrected chi connectivity index (χ3v) is 3.46. The standard InChI is InChI=1S/C12H18N4O2/c1-9-4-3-5-10(2)16(9)12(18)7-15-6-11(8-17)13-14-15/h6,8-10H,3-5,7H2,1-2H3. The maximum atomic E-state index is 12.2. The second-order valence-electron chi connectivity index (χ2n) is 4.89. The fraction of sp³-hybridized carbons (Fsp3) is 0.667. The molecule has 2 heterocycles. The van der Waals surface area contributed by atoms with Crippen LogP contribution in [-0.4, -0.2) is 44.2 Å². The van der Waals surface area contributed by atoms with Crippen LogP contribution in [0.3, 0.4) is 0 Å². The number of carbonyl (C=O) groups excluding carboxylic acids is 2. The molecule has 1 fully saturated rings. The molecule has 98 valence electrons. The molecule has 6 nitrogen and oxygen atoms in total. The van der Waals surface area contributed by atoms with Crippen LogP contribution in [0.5, 0.6) is 0 Å². The topological polar surface area (TPSA) is 68.1 Å². The first-order valence-electron chi connectivity index (χ1n) is 6.28. The Balaban J connectivity index is 2.04. The minimum Gasteiger partial charge on any atom is -0.336 e. The van der Waals surface area contributed by atoms with E-state index in [2.05, 4.69) is 24.2 Å². The third kappa shape index (κ3) is 2.57. The molecule has 18 heavy (non-hydrogen) atoms. The zero-order valence-corrected chi connectivity index (χ0v) is 10.7. The Morgan fingerprint density at radius 2 is 2.11 bits per heavy atom. The van der Waals surface area contributed by atoms with Crippen molar-refractivity contribution in [3.05, 3.63) is 11.9 Å². The Labute approximate surface area is 106 Å². The molecule has 1 aromatic rings. The van der Waals surface area contributed by atoms with Crippen molar-refractivity contribution < 1.29 is 9.59 Å². The van der Waals surface area contributed by atoms with Gasteiger partial charge in [-0.05, 0) is 33.1 Å². The van der Waals surface area contributed by atoms with Gasteiger partial charge in [0.1, 0.15) is 12.2 Å². The molecule has 0 saturated carbocycles. The number of amides is 1.